The molecular formula is C18H27N7O2. The molecule has 0 unspecified atom stereocenters. The highest BCUT2D eigenvalue weighted by molar-refractivity contribution is 5.89. The van der Waals surface area contributed by atoms with Crippen LogP contribution in [0.25, 0.3) is 0 Å². The zero-order valence-corrected chi connectivity index (χ0v) is 16.3. The lowest BCUT2D eigenvalue weighted by molar-refractivity contribution is 0.122. The summed E-state index contributed by atoms with van der Waals surface area (Å²) in [6.45, 7) is 8.60. The van der Waals surface area contributed by atoms with E-state index in [0.29, 0.717) is 43.8 Å². The van der Waals surface area contributed by atoms with Crippen molar-refractivity contribution in [1.29, 1.82) is 0 Å². The van der Waals surface area contributed by atoms with Gasteiger partial charge in [-0.15, -0.1) is 0 Å². The first kappa shape index (κ1) is 20.4. The Balaban J connectivity index is 0.00000126. The van der Waals surface area contributed by atoms with Gasteiger partial charge in [0.2, 0.25) is 11.8 Å². The quantitative estimate of drug-likeness (QED) is 0.779. The van der Waals surface area contributed by atoms with E-state index < -0.39 is 0 Å². The van der Waals surface area contributed by atoms with Crippen LogP contribution >= 0.6 is 0 Å². The van der Waals surface area contributed by atoms with Gasteiger partial charge in [0.25, 0.3) is 0 Å². The van der Waals surface area contributed by atoms with E-state index in [1.165, 1.54) is 0 Å². The summed E-state index contributed by atoms with van der Waals surface area (Å²) >= 11 is 0. The summed E-state index contributed by atoms with van der Waals surface area (Å²) in [6, 6.07) is 1.87. The van der Waals surface area contributed by atoms with Crippen LogP contribution in [-0.2, 0) is 4.74 Å². The molecule has 0 bridgehead atoms. The molecule has 4 N–H and O–H groups in total. The van der Waals surface area contributed by atoms with E-state index in [1.54, 1.807) is 19.5 Å². The summed E-state index contributed by atoms with van der Waals surface area (Å²) in [5, 5.41) is 0. The molecule has 1 aliphatic rings. The minimum atomic E-state index is 0.228. The minimum Gasteiger partial charge on any atom is -0.481 e. The molecule has 1 fully saturated rings. The van der Waals surface area contributed by atoms with Crippen LogP contribution in [0.4, 0.5) is 23.3 Å². The Morgan fingerprint density at radius 2 is 1.81 bits per heavy atom. The first-order valence-corrected chi connectivity index (χ1v) is 8.89. The van der Waals surface area contributed by atoms with Gasteiger partial charge in [0.05, 0.1) is 25.9 Å². The fourth-order valence-corrected chi connectivity index (χ4v) is 2.51. The van der Waals surface area contributed by atoms with Crippen molar-refractivity contribution in [2.75, 3.05) is 49.8 Å². The fraction of sp³-hybridized carbons (Fsp3) is 0.444. The van der Waals surface area contributed by atoms with Crippen molar-refractivity contribution in [3.63, 3.8) is 0 Å². The summed E-state index contributed by atoms with van der Waals surface area (Å²) in [5.74, 6) is 1.43. The highest BCUT2D eigenvalue weighted by Gasteiger charge is 2.17. The first-order chi connectivity index (χ1) is 13.1. The Morgan fingerprint density at radius 1 is 1.19 bits per heavy atom. The first-order valence-electron chi connectivity index (χ1n) is 8.89. The zero-order valence-electron chi connectivity index (χ0n) is 16.3. The number of anilines is 3. The smallest absolute Gasteiger partial charge is 0.229 e. The molecular weight excluding hydrogens is 346 g/mol. The normalized spacial score (nSPS) is 14.0. The molecule has 0 amide bonds. The maximum Gasteiger partial charge on any atom is 0.229 e. The molecule has 2 aromatic rings. The van der Waals surface area contributed by atoms with Crippen molar-refractivity contribution < 1.29 is 9.47 Å². The van der Waals surface area contributed by atoms with Gasteiger partial charge in [0.1, 0.15) is 5.69 Å². The molecule has 1 saturated heterocycles. The lowest BCUT2D eigenvalue weighted by Gasteiger charge is -2.27. The van der Waals surface area contributed by atoms with Crippen LogP contribution in [0.3, 0.4) is 0 Å². The topological polar surface area (TPSA) is 125 Å². The molecule has 0 aliphatic carbocycles. The van der Waals surface area contributed by atoms with Crippen molar-refractivity contribution in [1.82, 2.24) is 15.0 Å². The van der Waals surface area contributed by atoms with Gasteiger partial charge in [-0.1, -0.05) is 13.8 Å². The van der Waals surface area contributed by atoms with Crippen LogP contribution in [0.5, 0.6) is 5.88 Å². The number of nitrogens with two attached hydrogens (primary N) is 2. The molecule has 0 saturated carbocycles. The van der Waals surface area contributed by atoms with Crippen LogP contribution in [0.15, 0.2) is 17.3 Å². The second kappa shape index (κ2) is 9.67. The second-order valence-corrected chi connectivity index (χ2v) is 5.55. The summed E-state index contributed by atoms with van der Waals surface area (Å²) in [7, 11) is 1.56. The maximum absolute atomic E-state index is 6.05. The van der Waals surface area contributed by atoms with E-state index in [4.69, 9.17) is 20.9 Å². The van der Waals surface area contributed by atoms with E-state index in [2.05, 4.69) is 19.9 Å². The molecule has 146 valence electrons. The van der Waals surface area contributed by atoms with E-state index in [0.717, 1.165) is 11.1 Å². The second-order valence-electron chi connectivity index (χ2n) is 5.55. The summed E-state index contributed by atoms with van der Waals surface area (Å²) < 4.78 is 10.6. The largest absolute Gasteiger partial charge is 0.481 e. The third-order valence-electron chi connectivity index (χ3n) is 3.91. The Kier molecular flexibility index (Phi) is 7.30. The summed E-state index contributed by atoms with van der Waals surface area (Å²) in [4.78, 5) is 19.2. The number of aliphatic imine (C=N–C) groups is 1. The molecule has 0 aromatic carbocycles. The van der Waals surface area contributed by atoms with Crippen molar-refractivity contribution in [2.45, 2.75) is 20.8 Å². The Bertz CT molecular complexity index is 766. The van der Waals surface area contributed by atoms with Gasteiger partial charge in [-0.3, -0.25) is 0 Å². The fourth-order valence-electron chi connectivity index (χ4n) is 2.51. The average molecular weight is 373 g/mol. The molecule has 0 radical (unpaired) electrons. The Morgan fingerprint density at radius 3 is 2.41 bits per heavy atom. The number of morpholine rings is 1. The highest BCUT2D eigenvalue weighted by atomic mass is 16.5. The number of ether oxygens (including phenoxy) is 2. The molecule has 0 spiro atoms. The SMILES string of the molecule is CC.COc1nccc(C)c1C=Nc1c(N)nc(N2CCOCC2)nc1N. The standard InChI is InChI=1S/C16H21N7O2.C2H6/c1-10-3-4-19-15(24-2)11(10)9-20-12-13(17)21-16(22-14(12)18)23-5-7-25-8-6-23;1-2/h3-4,9H,5-8H2,1-2H3,(H4,17,18,21,22);1-2H3. The van der Waals surface area contributed by atoms with Gasteiger partial charge in [-0.05, 0) is 18.6 Å². The summed E-state index contributed by atoms with van der Waals surface area (Å²) in [5.41, 5.74) is 14.2. The minimum absolute atomic E-state index is 0.228. The van der Waals surface area contributed by atoms with Gasteiger partial charge in [0.15, 0.2) is 11.6 Å². The van der Waals surface area contributed by atoms with Crippen LogP contribution in [-0.4, -0.2) is 54.6 Å². The predicted molar refractivity (Wildman–Crippen MR) is 108 cm³/mol. The molecule has 27 heavy (non-hydrogen) atoms. The molecule has 9 heteroatoms. The van der Waals surface area contributed by atoms with E-state index in [9.17, 15) is 0 Å². The molecule has 3 rings (SSSR count). The molecule has 0 atom stereocenters. The number of hydrogen-bond donors (Lipinski definition) is 2. The average Bonchev–Trinajstić information content (AvgIpc) is 2.70. The number of pyridine rings is 1. The third-order valence-corrected chi connectivity index (χ3v) is 3.91. The highest BCUT2D eigenvalue weighted by Crippen LogP contribution is 2.29. The van der Waals surface area contributed by atoms with E-state index in [-0.39, 0.29) is 11.6 Å². The van der Waals surface area contributed by atoms with Gasteiger partial charge in [0, 0.05) is 25.5 Å². The maximum atomic E-state index is 6.05. The molecule has 1 aliphatic heterocycles. The number of aromatic nitrogens is 3. The number of nitrogens with zero attached hydrogens (tertiary/aromatic N) is 5. The van der Waals surface area contributed by atoms with Gasteiger partial charge >= 0.3 is 0 Å². The molecule has 2 aromatic heterocycles. The van der Waals surface area contributed by atoms with Crippen molar-refractivity contribution >= 4 is 29.5 Å². The van der Waals surface area contributed by atoms with Crippen LogP contribution in [0.1, 0.15) is 25.0 Å². The van der Waals surface area contributed by atoms with E-state index in [1.807, 2.05) is 31.7 Å². The lowest BCUT2D eigenvalue weighted by atomic mass is 10.2. The van der Waals surface area contributed by atoms with E-state index >= 15 is 0 Å². The van der Waals surface area contributed by atoms with Crippen molar-refractivity contribution in [2.24, 2.45) is 4.99 Å². The predicted octanol–water partition coefficient (Wildman–Crippen LogP) is 1.97. The van der Waals surface area contributed by atoms with Gasteiger partial charge in [-0.2, -0.15) is 9.97 Å². The third kappa shape index (κ3) is 4.82. The number of rotatable bonds is 4. The molecule has 3 heterocycles. The van der Waals surface area contributed by atoms with Gasteiger partial charge < -0.3 is 25.8 Å². The van der Waals surface area contributed by atoms with Crippen LogP contribution < -0.4 is 21.1 Å². The number of aryl methyl sites for hydroxylation is 1. The Labute approximate surface area is 159 Å². The van der Waals surface area contributed by atoms with Crippen molar-refractivity contribution in [3.05, 3.63) is 23.4 Å². The van der Waals surface area contributed by atoms with Crippen LogP contribution in [0.2, 0.25) is 0 Å². The zero-order chi connectivity index (χ0) is 19.8. The molecule has 9 nitrogen and oxygen atoms in total. The summed E-state index contributed by atoms with van der Waals surface area (Å²) in [6.07, 6.45) is 3.29. The monoisotopic (exact) mass is 373 g/mol. The lowest BCUT2D eigenvalue weighted by Crippen LogP contribution is -2.37. The number of hydrogen-bond acceptors (Lipinski definition) is 9. The Hall–Kier alpha value is -2.94. The van der Waals surface area contributed by atoms with Crippen molar-refractivity contribution in [3.8, 4) is 5.88 Å². The number of nitrogen functional groups attached to an aromatic ring is 2. The van der Waals surface area contributed by atoms with Gasteiger partial charge in [-0.25, -0.2) is 9.98 Å². The number of methoxy groups -OCH3 is 1. The van der Waals surface area contributed by atoms with Crippen LogP contribution in [0, 0.1) is 6.92 Å².